The van der Waals surface area contributed by atoms with E-state index in [0.29, 0.717) is 12.1 Å². The van der Waals surface area contributed by atoms with Gasteiger partial charge in [-0.05, 0) is 48.9 Å². The summed E-state index contributed by atoms with van der Waals surface area (Å²) in [5, 5.41) is 14.5. The number of aliphatic carboxylic acids is 1. The topological polar surface area (TPSA) is 95.5 Å². The third-order valence-electron chi connectivity index (χ3n) is 4.87. The molecule has 0 aromatic heterocycles. The number of carboxylic acid groups (broad SMARTS) is 1. The van der Waals surface area contributed by atoms with Crippen molar-refractivity contribution in [1.29, 1.82) is 0 Å². The minimum Gasteiger partial charge on any atom is -0.481 e. The lowest BCUT2D eigenvalue weighted by atomic mass is 9.98. The Morgan fingerprint density at radius 3 is 2.13 bits per heavy atom. The van der Waals surface area contributed by atoms with Gasteiger partial charge in [0.15, 0.2) is 0 Å². The quantitative estimate of drug-likeness (QED) is 0.366. The van der Waals surface area contributed by atoms with Gasteiger partial charge >= 0.3 is 5.97 Å². The number of para-hydroxylation sites is 1. The fourth-order valence-corrected chi connectivity index (χ4v) is 3.22. The summed E-state index contributed by atoms with van der Waals surface area (Å²) in [4.78, 5) is 35.6. The first-order valence-electron chi connectivity index (χ1n) is 10.4. The summed E-state index contributed by atoms with van der Waals surface area (Å²) in [6.07, 6.45) is 4.70. The van der Waals surface area contributed by atoms with Gasteiger partial charge in [0.25, 0.3) is 0 Å². The van der Waals surface area contributed by atoms with Crippen LogP contribution in [0.2, 0.25) is 0 Å². The van der Waals surface area contributed by atoms with Crippen LogP contribution in [0.1, 0.15) is 43.7 Å². The Morgan fingerprint density at radius 1 is 0.900 bits per heavy atom. The Hall–Kier alpha value is -3.15. The zero-order valence-corrected chi connectivity index (χ0v) is 17.4. The smallest absolute Gasteiger partial charge is 0.316 e. The number of unbranched alkanes of at least 4 members (excludes halogenated alkanes) is 1. The van der Waals surface area contributed by atoms with Crippen LogP contribution in [-0.4, -0.2) is 29.4 Å². The molecule has 0 aliphatic carbocycles. The van der Waals surface area contributed by atoms with Crippen LogP contribution in [-0.2, 0) is 27.2 Å². The van der Waals surface area contributed by atoms with Gasteiger partial charge in [0.1, 0.15) is 5.92 Å². The molecule has 2 aromatic rings. The van der Waals surface area contributed by atoms with E-state index >= 15 is 0 Å². The zero-order chi connectivity index (χ0) is 21.8. The summed E-state index contributed by atoms with van der Waals surface area (Å²) in [5.41, 5.74) is 3.15. The molecule has 6 heteroatoms. The van der Waals surface area contributed by atoms with E-state index in [0.717, 1.165) is 25.7 Å². The fraction of sp³-hybridized carbons (Fsp3) is 0.375. The molecule has 0 saturated heterocycles. The van der Waals surface area contributed by atoms with E-state index in [2.05, 4.69) is 41.8 Å². The Bertz CT molecular complexity index is 819. The number of nitrogens with one attached hydrogen (secondary N) is 2. The standard InChI is InChI=1S/C24H30N2O4/c1-2-8-18-13-15-19(16-14-18)9-6-7-12-21(24(29)30)23(28)25-17-22(27)26-20-10-4-3-5-11-20/h3-5,10-11,13-16,21H,2,6-9,12,17H2,1H3,(H,25,28)(H,26,27)(H,29,30). The van der Waals surface area contributed by atoms with Crippen LogP contribution < -0.4 is 10.6 Å². The molecule has 0 spiro atoms. The van der Waals surface area contributed by atoms with E-state index in [1.807, 2.05) is 6.07 Å². The monoisotopic (exact) mass is 410 g/mol. The molecule has 2 rings (SSSR count). The van der Waals surface area contributed by atoms with Gasteiger partial charge in [0, 0.05) is 5.69 Å². The second-order valence-electron chi connectivity index (χ2n) is 7.34. The Kier molecular flexibility index (Phi) is 9.58. The predicted molar refractivity (Wildman–Crippen MR) is 117 cm³/mol. The number of hydrogen-bond acceptors (Lipinski definition) is 3. The predicted octanol–water partition coefficient (Wildman–Crippen LogP) is 3.81. The van der Waals surface area contributed by atoms with Crippen molar-refractivity contribution in [2.45, 2.75) is 45.4 Å². The van der Waals surface area contributed by atoms with Crippen molar-refractivity contribution < 1.29 is 19.5 Å². The second kappa shape index (κ2) is 12.4. The molecule has 3 N–H and O–H groups in total. The first-order chi connectivity index (χ1) is 14.5. The normalized spacial score (nSPS) is 11.5. The molecule has 0 radical (unpaired) electrons. The Labute approximate surface area is 177 Å². The third-order valence-corrected chi connectivity index (χ3v) is 4.87. The lowest BCUT2D eigenvalue weighted by Crippen LogP contribution is -2.39. The number of benzene rings is 2. The molecule has 0 heterocycles. The van der Waals surface area contributed by atoms with Crippen LogP contribution >= 0.6 is 0 Å². The van der Waals surface area contributed by atoms with Crippen LogP contribution in [0.4, 0.5) is 5.69 Å². The maximum absolute atomic E-state index is 12.2. The van der Waals surface area contributed by atoms with Crippen LogP contribution in [0.15, 0.2) is 54.6 Å². The highest BCUT2D eigenvalue weighted by molar-refractivity contribution is 6.00. The second-order valence-corrected chi connectivity index (χ2v) is 7.34. The average Bonchev–Trinajstić information content (AvgIpc) is 2.74. The number of aryl methyl sites for hydroxylation is 2. The minimum atomic E-state index is -1.17. The lowest BCUT2D eigenvalue weighted by Gasteiger charge is -2.13. The molecule has 2 aromatic carbocycles. The fourth-order valence-electron chi connectivity index (χ4n) is 3.22. The van der Waals surface area contributed by atoms with Crippen molar-refractivity contribution in [3.8, 4) is 0 Å². The number of rotatable bonds is 12. The van der Waals surface area contributed by atoms with Crippen LogP contribution in [0.25, 0.3) is 0 Å². The molecule has 160 valence electrons. The maximum atomic E-state index is 12.2. The molecule has 0 aliphatic heterocycles. The van der Waals surface area contributed by atoms with Crippen molar-refractivity contribution in [2.24, 2.45) is 5.92 Å². The molecule has 0 saturated carbocycles. The van der Waals surface area contributed by atoms with Gasteiger partial charge < -0.3 is 15.7 Å². The first-order valence-corrected chi connectivity index (χ1v) is 10.4. The van der Waals surface area contributed by atoms with Gasteiger partial charge in [-0.15, -0.1) is 0 Å². The number of anilines is 1. The van der Waals surface area contributed by atoms with Gasteiger partial charge in [0.2, 0.25) is 11.8 Å². The highest BCUT2D eigenvalue weighted by atomic mass is 16.4. The molecule has 2 amide bonds. The van der Waals surface area contributed by atoms with Crippen molar-refractivity contribution in [3.05, 3.63) is 65.7 Å². The Morgan fingerprint density at radius 2 is 1.53 bits per heavy atom. The number of amides is 2. The van der Waals surface area contributed by atoms with Crippen molar-refractivity contribution in [1.82, 2.24) is 5.32 Å². The molecule has 0 aliphatic rings. The molecule has 0 bridgehead atoms. The number of carbonyl (C=O) groups excluding carboxylic acids is 2. The Balaban J connectivity index is 1.73. The van der Waals surface area contributed by atoms with Gasteiger partial charge in [0.05, 0.1) is 6.54 Å². The molecule has 0 fully saturated rings. The summed E-state index contributed by atoms with van der Waals surface area (Å²) in [6, 6.07) is 17.3. The van der Waals surface area contributed by atoms with Crippen molar-refractivity contribution >= 4 is 23.5 Å². The van der Waals surface area contributed by atoms with Crippen LogP contribution in [0.3, 0.4) is 0 Å². The van der Waals surface area contributed by atoms with Crippen molar-refractivity contribution in [3.63, 3.8) is 0 Å². The highest BCUT2D eigenvalue weighted by Gasteiger charge is 2.25. The van der Waals surface area contributed by atoms with Crippen LogP contribution in [0.5, 0.6) is 0 Å². The van der Waals surface area contributed by atoms with Crippen LogP contribution in [0, 0.1) is 5.92 Å². The number of hydrogen-bond donors (Lipinski definition) is 3. The van der Waals surface area contributed by atoms with E-state index in [1.54, 1.807) is 24.3 Å². The van der Waals surface area contributed by atoms with Gasteiger partial charge in [-0.1, -0.05) is 62.2 Å². The summed E-state index contributed by atoms with van der Waals surface area (Å²) in [5.74, 6) is -3.35. The molecular formula is C24H30N2O4. The summed E-state index contributed by atoms with van der Waals surface area (Å²) in [7, 11) is 0. The van der Waals surface area contributed by atoms with E-state index in [9.17, 15) is 19.5 Å². The molecule has 1 atom stereocenters. The molecule has 1 unspecified atom stereocenters. The van der Waals surface area contributed by atoms with Crippen molar-refractivity contribution in [2.75, 3.05) is 11.9 Å². The van der Waals surface area contributed by atoms with E-state index < -0.39 is 23.7 Å². The summed E-state index contributed by atoms with van der Waals surface area (Å²) in [6.45, 7) is 1.89. The van der Waals surface area contributed by atoms with Gasteiger partial charge in [-0.3, -0.25) is 14.4 Å². The SMILES string of the molecule is CCCc1ccc(CCCCC(C(=O)O)C(=O)NCC(=O)Nc2ccccc2)cc1. The molecule has 30 heavy (non-hydrogen) atoms. The minimum absolute atomic E-state index is 0.245. The largest absolute Gasteiger partial charge is 0.481 e. The zero-order valence-electron chi connectivity index (χ0n) is 17.4. The average molecular weight is 411 g/mol. The summed E-state index contributed by atoms with van der Waals surface area (Å²) < 4.78 is 0. The first kappa shape index (κ1) is 23.1. The van der Waals surface area contributed by atoms with E-state index in [1.165, 1.54) is 11.1 Å². The van der Waals surface area contributed by atoms with E-state index in [4.69, 9.17) is 0 Å². The van der Waals surface area contributed by atoms with Gasteiger partial charge in [-0.25, -0.2) is 0 Å². The van der Waals surface area contributed by atoms with Gasteiger partial charge in [-0.2, -0.15) is 0 Å². The van der Waals surface area contributed by atoms with E-state index in [-0.39, 0.29) is 13.0 Å². The highest BCUT2D eigenvalue weighted by Crippen LogP contribution is 2.14. The molecular weight excluding hydrogens is 380 g/mol. The maximum Gasteiger partial charge on any atom is 0.316 e. The number of carbonyl (C=O) groups is 3. The number of carboxylic acids is 1. The lowest BCUT2D eigenvalue weighted by molar-refractivity contribution is -0.147. The summed E-state index contributed by atoms with van der Waals surface area (Å²) >= 11 is 0. The third kappa shape index (κ3) is 8.07. The molecule has 6 nitrogen and oxygen atoms in total.